The minimum atomic E-state index is -1.62. The van der Waals surface area contributed by atoms with Gasteiger partial charge in [-0.05, 0) is 37.2 Å². The van der Waals surface area contributed by atoms with Gasteiger partial charge in [0.05, 0.1) is 26.1 Å². The van der Waals surface area contributed by atoms with Crippen LogP contribution in [-0.2, 0) is 28.5 Å². The van der Waals surface area contributed by atoms with E-state index in [1.165, 1.54) is 13.4 Å². The van der Waals surface area contributed by atoms with Crippen molar-refractivity contribution < 1.29 is 59.2 Å². The van der Waals surface area contributed by atoms with Gasteiger partial charge >= 0.3 is 11.9 Å². The Hall–Kier alpha value is -2.06. The van der Waals surface area contributed by atoms with Crippen molar-refractivity contribution in [3.8, 4) is 0 Å². The van der Waals surface area contributed by atoms with Crippen molar-refractivity contribution in [1.82, 2.24) is 0 Å². The van der Waals surface area contributed by atoms with Gasteiger partial charge in [0.25, 0.3) is 0 Å². The summed E-state index contributed by atoms with van der Waals surface area (Å²) in [6.45, 7) is 8.46. The number of carbonyl (C=O) groups is 2. The lowest BCUT2D eigenvalue weighted by atomic mass is 9.53. The number of aliphatic hydroxyl groups is 6. The average Bonchev–Trinajstić information content (AvgIpc) is 2.91. The highest BCUT2D eigenvalue weighted by Gasteiger charge is 2.56. The monoisotopic (exact) mass is 558 g/mol. The molecule has 0 spiro atoms. The number of ether oxygens (including phenoxy) is 4. The number of rotatable bonds is 8. The molecule has 11 atom stereocenters. The Morgan fingerprint density at radius 3 is 2.38 bits per heavy atom. The van der Waals surface area contributed by atoms with E-state index in [1.807, 2.05) is 6.92 Å². The van der Waals surface area contributed by atoms with Crippen LogP contribution in [0.25, 0.3) is 0 Å². The first kappa shape index (κ1) is 31.5. The van der Waals surface area contributed by atoms with Gasteiger partial charge in [0.1, 0.15) is 30.5 Å². The zero-order chi connectivity index (χ0) is 29.2. The van der Waals surface area contributed by atoms with Crippen LogP contribution in [0.3, 0.4) is 0 Å². The van der Waals surface area contributed by atoms with Crippen LogP contribution in [0.5, 0.6) is 0 Å². The second-order valence-corrected chi connectivity index (χ2v) is 11.3. The summed E-state index contributed by atoms with van der Waals surface area (Å²) in [5.41, 5.74) is -0.127. The fourth-order valence-corrected chi connectivity index (χ4v) is 6.01. The van der Waals surface area contributed by atoms with Crippen LogP contribution >= 0.6 is 0 Å². The zero-order valence-corrected chi connectivity index (χ0v) is 22.8. The van der Waals surface area contributed by atoms with Crippen molar-refractivity contribution in [2.24, 2.45) is 23.2 Å². The Morgan fingerprint density at radius 1 is 1.13 bits per heavy atom. The molecule has 3 rings (SSSR count). The highest BCUT2D eigenvalue weighted by Crippen LogP contribution is 2.56. The first-order valence-corrected chi connectivity index (χ1v) is 13.3. The molecule has 12 heteroatoms. The molecule has 12 nitrogen and oxygen atoms in total. The SMILES string of the molecule is C=C(C(=O)OC)[C@@H]1CC[C@]2(C)[C@H](/C(=C/O[C@@H]3O[C@H](CO)[C@@H](O)[C@H](O)[C@H]3O)CC[C@H]2OC(=O)[C@H](O)C(C)C)[C@H]1O. The van der Waals surface area contributed by atoms with Gasteiger partial charge < -0.3 is 49.6 Å². The van der Waals surface area contributed by atoms with Crippen molar-refractivity contribution in [1.29, 1.82) is 0 Å². The molecular weight excluding hydrogens is 516 g/mol. The molecule has 0 aromatic rings. The fourth-order valence-electron chi connectivity index (χ4n) is 6.01. The molecule has 2 aliphatic carbocycles. The number of hydrogen-bond donors (Lipinski definition) is 6. The molecule has 0 aromatic carbocycles. The fraction of sp³-hybridized carbons (Fsp3) is 0.778. The van der Waals surface area contributed by atoms with Crippen molar-refractivity contribution >= 4 is 11.9 Å². The molecule has 0 aromatic heterocycles. The molecular formula is C27H42O12. The topological polar surface area (TPSA) is 192 Å². The summed E-state index contributed by atoms with van der Waals surface area (Å²) in [4.78, 5) is 24.9. The van der Waals surface area contributed by atoms with Crippen molar-refractivity contribution in [3.63, 3.8) is 0 Å². The van der Waals surface area contributed by atoms with Gasteiger partial charge in [-0.2, -0.15) is 0 Å². The quantitative estimate of drug-likeness (QED) is 0.128. The minimum absolute atomic E-state index is 0.107. The minimum Gasteiger partial charge on any atom is -0.470 e. The maximum Gasteiger partial charge on any atom is 0.335 e. The number of carbonyl (C=O) groups excluding carboxylic acids is 2. The van der Waals surface area contributed by atoms with Crippen LogP contribution in [0.15, 0.2) is 24.0 Å². The molecule has 0 unspecified atom stereocenters. The third kappa shape index (κ3) is 6.17. The Labute approximate surface area is 227 Å². The smallest absolute Gasteiger partial charge is 0.335 e. The largest absolute Gasteiger partial charge is 0.470 e. The molecule has 0 amide bonds. The zero-order valence-electron chi connectivity index (χ0n) is 22.8. The van der Waals surface area contributed by atoms with Crippen LogP contribution in [-0.4, -0.2) is 105 Å². The van der Waals surface area contributed by atoms with Gasteiger partial charge in [-0.1, -0.05) is 27.4 Å². The molecule has 0 bridgehead atoms. The van der Waals surface area contributed by atoms with E-state index >= 15 is 0 Å². The number of fused-ring (bicyclic) bond motifs is 1. The van der Waals surface area contributed by atoms with Gasteiger partial charge in [-0.25, -0.2) is 9.59 Å². The highest BCUT2D eigenvalue weighted by molar-refractivity contribution is 5.88. The molecule has 39 heavy (non-hydrogen) atoms. The van der Waals surface area contributed by atoms with Crippen LogP contribution in [0, 0.1) is 23.2 Å². The van der Waals surface area contributed by atoms with Crippen LogP contribution in [0.1, 0.15) is 46.5 Å². The maximum atomic E-state index is 12.7. The number of hydrogen-bond acceptors (Lipinski definition) is 12. The van der Waals surface area contributed by atoms with E-state index in [4.69, 9.17) is 18.9 Å². The summed E-state index contributed by atoms with van der Waals surface area (Å²) in [6.07, 6.45) is -7.73. The number of esters is 2. The molecule has 1 heterocycles. The predicted molar refractivity (Wildman–Crippen MR) is 134 cm³/mol. The lowest BCUT2D eigenvalue weighted by Crippen LogP contribution is -2.59. The molecule has 2 saturated carbocycles. The lowest BCUT2D eigenvalue weighted by Gasteiger charge is -2.54. The molecule has 6 N–H and O–H groups in total. The van der Waals surface area contributed by atoms with Gasteiger partial charge in [0, 0.05) is 22.8 Å². The highest BCUT2D eigenvalue weighted by atomic mass is 16.7. The molecule has 222 valence electrons. The van der Waals surface area contributed by atoms with Gasteiger partial charge in [0.2, 0.25) is 6.29 Å². The van der Waals surface area contributed by atoms with Crippen LogP contribution in [0.2, 0.25) is 0 Å². The third-order valence-corrected chi connectivity index (χ3v) is 8.52. The number of aliphatic hydroxyl groups excluding tert-OH is 6. The number of methoxy groups -OCH3 is 1. The Balaban J connectivity index is 1.92. The summed E-state index contributed by atoms with van der Waals surface area (Å²) in [7, 11) is 1.22. The van der Waals surface area contributed by atoms with Crippen molar-refractivity contribution in [2.75, 3.05) is 13.7 Å². The summed E-state index contributed by atoms with van der Waals surface area (Å²) < 4.78 is 21.7. The summed E-state index contributed by atoms with van der Waals surface area (Å²) in [5, 5.41) is 61.7. The summed E-state index contributed by atoms with van der Waals surface area (Å²) in [6, 6.07) is 0. The predicted octanol–water partition coefficient (Wildman–Crippen LogP) is -0.468. The summed E-state index contributed by atoms with van der Waals surface area (Å²) in [5.74, 6) is -3.09. The second-order valence-electron chi connectivity index (χ2n) is 11.3. The van der Waals surface area contributed by atoms with Crippen molar-refractivity contribution in [3.05, 3.63) is 24.0 Å². The molecule has 1 saturated heterocycles. The lowest BCUT2D eigenvalue weighted by molar-refractivity contribution is -0.288. The molecule has 1 aliphatic heterocycles. The van der Waals surface area contributed by atoms with E-state index in [1.54, 1.807) is 13.8 Å². The first-order chi connectivity index (χ1) is 18.3. The van der Waals surface area contributed by atoms with Crippen LogP contribution < -0.4 is 0 Å². The molecule has 0 radical (unpaired) electrons. The summed E-state index contributed by atoms with van der Waals surface area (Å²) >= 11 is 0. The van der Waals surface area contributed by atoms with Crippen LogP contribution in [0.4, 0.5) is 0 Å². The van der Waals surface area contributed by atoms with Gasteiger partial charge in [0.15, 0.2) is 6.10 Å². The normalized spacial score (nSPS) is 40.5. The maximum absolute atomic E-state index is 12.7. The Bertz CT molecular complexity index is 932. The van der Waals surface area contributed by atoms with E-state index in [2.05, 4.69) is 6.58 Å². The van der Waals surface area contributed by atoms with Crippen molar-refractivity contribution in [2.45, 2.75) is 95.5 Å². The van der Waals surface area contributed by atoms with Gasteiger partial charge in [-0.3, -0.25) is 0 Å². The Morgan fingerprint density at radius 2 is 1.79 bits per heavy atom. The molecule has 3 fully saturated rings. The van der Waals surface area contributed by atoms with E-state index < -0.39 is 84.8 Å². The second kappa shape index (κ2) is 12.6. The van der Waals surface area contributed by atoms with E-state index in [0.717, 1.165) is 0 Å². The van der Waals surface area contributed by atoms with Gasteiger partial charge in [-0.15, -0.1) is 0 Å². The standard InChI is InChI=1S/C27H42O12/c1-12(2)19(29)25(35)39-17-7-6-14(11-37-26-23(33)22(32)21(31)16(10-28)38-26)18-20(30)15(8-9-27(17,18)4)13(3)24(34)36-5/h11-12,15-23,26,28-33H,3,6-10H2,1-2,4-5H3/b14-11+/t15-,16+,17+,18+,19+,20-,21+,22-,23+,26+,27-/m0/s1. The van der Waals surface area contributed by atoms with E-state index in [0.29, 0.717) is 31.3 Å². The first-order valence-electron chi connectivity index (χ1n) is 13.3. The van der Waals surface area contributed by atoms with E-state index in [9.17, 15) is 40.2 Å². The molecule has 3 aliphatic rings. The average molecular weight is 559 g/mol. The van der Waals surface area contributed by atoms with E-state index in [-0.39, 0.29) is 11.5 Å². The Kier molecular flexibility index (Phi) is 10.2. The third-order valence-electron chi connectivity index (χ3n) is 8.52.